The van der Waals surface area contributed by atoms with E-state index in [1.165, 1.54) is 0 Å². The molecule has 1 aromatic rings. The van der Waals surface area contributed by atoms with Crippen molar-refractivity contribution in [2.45, 2.75) is 13.3 Å². The van der Waals surface area contributed by atoms with Gasteiger partial charge in [0.05, 0.1) is 12.1 Å². The molecule has 0 aliphatic heterocycles. The summed E-state index contributed by atoms with van der Waals surface area (Å²) in [4.78, 5) is 17.2. The minimum atomic E-state index is -0.355. The molecule has 0 aromatic carbocycles. The van der Waals surface area contributed by atoms with Gasteiger partial charge in [0.2, 0.25) is 5.91 Å². The summed E-state index contributed by atoms with van der Waals surface area (Å²) in [6.45, 7) is 1.82. The van der Waals surface area contributed by atoms with Crippen LogP contribution >= 0.6 is 0 Å². The molecule has 1 heterocycles. The van der Waals surface area contributed by atoms with Gasteiger partial charge in [-0.2, -0.15) is 0 Å². The Bertz CT molecular complexity index is 241. The molecular weight excluding hydrogens is 130 g/mol. The molecule has 1 amide bonds. The predicted octanol–water partition coefficient (Wildman–Crippen LogP) is -0.254. The first kappa shape index (κ1) is 6.80. The van der Waals surface area contributed by atoms with Crippen LogP contribution in [0.3, 0.4) is 0 Å². The number of nitrogens with one attached hydrogen (secondary N) is 1. The van der Waals surface area contributed by atoms with Crippen molar-refractivity contribution in [1.29, 1.82) is 0 Å². The fourth-order valence-corrected chi connectivity index (χ4v) is 0.737. The Morgan fingerprint density at radius 1 is 1.90 bits per heavy atom. The van der Waals surface area contributed by atoms with Crippen LogP contribution in [0.5, 0.6) is 0 Å². The van der Waals surface area contributed by atoms with E-state index in [1.54, 1.807) is 6.20 Å². The normalized spacial score (nSPS) is 9.70. The molecule has 10 heavy (non-hydrogen) atoms. The summed E-state index contributed by atoms with van der Waals surface area (Å²) >= 11 is 0. The summed E-state index contributed by atoms with van der Waals surface area (Å²) in [5.74, 6) is 0.447. The number of rotatable bonds is 2. The van der Waals surface area contributed by atoms with E-state index < -0.39 is 0 Å². The molecule has 1 rings (SSSR count). The number of amides is 1. The number of aryl methyl sites for hydroxylation is 1. The van der Waals surface area contributed by atoms with Gasteiger partial charge in [-0.3, -0.25) is 4.79 Å². The second-order valence-corrected chi connectivity index (χ2v) is 2.12. The first-order valence-corrected chi connectivity index (χ1v) is 2.97. The SMILES string of the molecule is Cc1nc(CC(N)=O)c[nH]1. The third-order valence-corrected chi connectivity index (χ3v) is 1.11. The second-order valence-electron chi connectivity index (χ2n) is 2.12. The number of aromatic amines is 1. The van der Waals surface area contributed by atoms with Crippen molar-refractivity contribution in [2.75, 3.05) is 0 Å². The lowest BCUT2D eigenvalue weighted by atomic mass is 10.3. The van der Waals surface area contributed by atoms with Gasteiger partial charge in [0.25, 0.3) is 0 Å². The van der Waals surface area contributed by atoms with E-state index in [4.69, 9.17) is 5.73 Å². The fraction of sp³-hybridized carbons (Fsp3) is 0.333. The molecule has 0 bridgehead atoms. The van der Waals surface area contributed by atoms with Gasteiger partial charge in [-0.1, -0.05) is 0 Å². The van der Waals surface area contributed by atoms with E-state index in [0.717, 1.165) is 5.82 Å². The molecule has 1 aromatic heterocycles. The second kappa shape index (κ2) is 2.51. The number of nitrogens with zero attached hydrogens (tertiary/aromatic N) is 1. The molecule has 0 atom stereocenters. The third-order valence-electron chi connectivity index (χ3n) is 1.11. The summed E-state index contributed by atoms with van der Waals surface area (Å²) in [5.41, 5.74) is 5.64. The minimum absolute atomic E-state index is 0.213. The molecule has 3 N–H and O–H groups in total. The van der Waals surface area contributed by atoms with Gasteiger partial charge in [-0.05, 0) is 6.92 Å². The molecule has 0 aliphatic carbocycles. The van der Waals surface area contributed by atoms with Gasteiger partial charge in [0, 0.05) is 6.20 Å². The van der Waals surface area contributed by atoms with E-state index in [2.05, 4.69) is 9.97 Å². The number of hydrogen-bond donors (Lipinski definition) is 2. The number of carbonyl (C=O) groups is 1. The zero-order chi connectivity index (χ0) is 7.56. The Labute approximate surface area is 58.5 Å². The summed E-state index contributed by atoms with van der Waals surface area (Å²) in [6.07, 6.45) is 1.89. The largest absolute Gasteiger partial charge is 0.369 e. The Morgan fingerprint density at radius 2 is 2.60 bits per heavy atom. The zero-order valence-electron chi connectivity index (χ0n) is 5.72. The highest BCUT2D eigenvalue weighted by Crippen LogP contribution is 1.94. The maximum atomic E-state index is 10.3. The average Bonchev–Trinajstić information content (AvgIpc) is 2.13. The van der Waals surface area contributed by atoms with Gasteiger partial charge >= 0.3 is 0 Å². The minimum Gasteiger partial charge on any atom is -0.369 e. The number of carbonyl (C=O) groups excluding carboxylic acids is 1. The monoisotopic (exact) mass is 139 g/mol. The van der Waals surface area contributed by atoms with Crippen LogP contribution in [0.25, 0.3) is 0 Å². The predicted molar refractivity (Wildman–Crippen MR) is 36.2 cm³/mol. The Hall–Kier alpha value is -1.32. The number of H-pyrrole nitrogens is 1. The molecule has 4 heteroatoms. The van der Waals surface area contributed by atoms with E-state index in [9.17, 15) is 4.79 Å². The van der Waals surface area contributed by atoms with Crippen molar-refractivity contribution in [3.05, 3.63) is 17.7 Å². The van der Waals surface area contributed by atoms with Gasteiger partial charge in [-0.25, -0.2) is 4.98 Å². The van der Waals surface area contributed by atoms with Crippen LogP contribution in [-0.2, 0) is 11.2 Å². The van der Waals surface area contributed by atoms with E-state index >= 15 is 0 Å². The molecule has 0 unspecified atom stereocenters. The number of hydrogen-bond acceptors (Lipinski definition) is 2. The standard InChI is InChI=1S/C6H9N3O/c1-4-8-3-5(9-4)2-6(7)10/h3H,2H2,1H3,(H2,7,10)(H,8,9). The van der Waals surface area contributed by atoms with E-state index in [-0.39, 0.29) is 12.3 Å². The topological polar surface area (TPSA) is 71.8 Å². The molecule has 54 valence electrons. The number of aromatic nitrogens is 2. The van der Waals surface area contributed by atoms with Crippen LogP contribution in [0.1, 0.15) is 11.5 Å². The van der Waals surface area contributed by atoms with Gasteiger partial charge in [0.1, 0.15) is 5.82 Å². The van der Waals surface area contributed by atoms with Crippen LogP contribution in [-0.4, -0.2) is 15.9 Å². The highest BCUT2D eigenvalue weighted by atomic mass is 16.1. The van der Waals surface area contributed by atoms with Crippen molar-refractivity contribution in [3.63, 3.8) is 0 Å². The molecule has 0 fully saturated rings. The lowest BCUT2D eigenvalue weighted by molar-refractivity contribution is -0.117. The van der Waals surface area contributed by atoms with Crippen molar-refractivity contribution in [2.24, 2.45) is 5.73 Å². The first-order chi connectivity index (χ1) is 4.68. The van der Waals surface area contributed by atoms with Crippen LogP contribution in [0.4, 0.5) is 0 Å². The summed E-state index contributed by atoms with van der Waals surface area (Å²) in [5, 5.41) is 0. The summed E-state index contributed by atoms with van der Waals surface area (Å²) in [6, 6.07) is 0. The van der Waals surface area contributed by atoms with Crippen LogP contribution < -0.4 is 5.73 Å². The third kappa shape index (κ3) is 1.58. The van der Waals surface area contributed by atoms with E-state index in [0.29, 0.717) is 5.69 Å². The molecule has 0 saturated heterocycles. The van der Waals surface area contributed by atoms with Crippen LogP contribution in [0, 0.1) is 6.92 Å². The maximum absolute atomic E-state index is 10.3. The molecule has 0 spiro atoms. The molecule has 0 saturated carbocycles. The highest BCUT2D eigenvalue weighted by molar-refractivity contribution is 5.75. The van der Waals surface area contributed by atoms with Gasteiger partial charge < -0.3 is 10.7 Å². The van der Waals surface area contributed by atoms with E-state index in [1.807, 2.05) is 6.92 Å². The van der Waals surface area contributed by atoms with Crippen molar-refractivity contribution < 1.29 is 4.79 Å². The highest BCUT2D eigenvalue weighted by Gasteiger charge is 2.00. The van der Waals surface area contributed by atoms with Crippen molar-refractivity contribution >= 4 is 5.91 Å². The van der Waals surface area contributed by atoms with Gasteiger partial charge in [0.15, 0.2) is 0 Å². The smallest absolute Gasteiger partial charge is 0.223 e. The zero-order valence-corrected chi connectivity index (χ0v) is 5.72. The molecule has 4 nitrogen and oxygen atoms in total. The molecule has 0 radical (unpaired) electrons. The van der Waals surface area contributed by atoms with Crippen molar-refractivity contribution in [1.82, 2.24) is 9.97 Å². The molecular formula is C6H9N3O. The average molecular weight is 139 g/mol. The summed E-state index contributed by atoms with van der Waals surface area (Å²) < 4.78 is 0. The maximum Gasteiger partial charge on any atom is 0.223 e. The quantitative estimate of drug-likeness (QED) is 0.592. The number of imidazole rings is 1. The van der Waals surface area contributed by atoms with Gasteiger partial charge in [-0.15, -0.1) is 0 Å². The lowest BCUT2D eigenvalue weighted by Crippen LogP contribution is -2.13. The lowest BCUT2D eigenvalue weighted by Gasteiger charge is -1.86. The Morgan fingerprint density at radius 3 is 3.00 bits per heavy atom. The Balaban J connectivity index is 2.67. The summed E-state index contributed by atoms with van der Waals surface area (Å²) in [7, 11) is 0. The van der Waals surface area contributed by atoms with Crippen LogP contribution in [0.15, 0.2) is 6.20 Å². The first-order valence-electron chi connectivity index (χ1n) is 2.97. The molecule has 0 aliphatic rings. The van der Waals surface area contributed by atoms with Crippen molar-refractivity contribution in [3.8, 4) is 0 Å². The number of primary amides is 1. The fourth-order valence-electron chi connectivity index (χ4n) is 0.737. The Kier molecular flexibility index (Phi) is 1.71. The number of nitrogens with two attached hydrogens (primary N) is 1. The van der Waals surface area contributed by atoms with Crippen LogP contribution in [0.2, 0.25) is 0 Å².